The van der Waals surface area contributed by atoms with E-state index in [4.69, 9.17) is 9.47 Å². The van der Waals surface area contributed by atoms with E-state index in [1.165, 1.54) is 6.20 Å². The van der Waals surface area contributed by atoms with Gasteiger partial charge >= 0.3 is 0 Å². The van der Waals surface area contributed by atoms with Crippen LogP contribution < -0.4 is 19.5 Å². The van der Waals surface area contributed by atoms with E-state index < -0.39 is 10.0 Å². The molecule has 22 heavy (non-hydrogen) atoms. The second kappa shape index (κ2) is 6.52. The molecule has 2 rings (SSSR count). The first-order valence-corrected chi connectivity index (χ1v) is 8.23. The summed E-state index contributed by atoms with van der Waals surface area (Å²) in [6, 6.07) is 8.64. The average Bonchev–Trinajstić information content (AvgIpc) is 2.48. The number of methoxy groups -OCH3 is 2. The fourth-order valence-electron chi connectivity index (χ4n) is 1.78. The van der Waals surface area contributed by atoms with Crippen LogP contribution in [0.3, 0.4) is 0 Å². The first-order valence-electron chi connectivity index (χ1n) is 6.34. The molecule has 0 spiro atoms. The lowest BCUT2D eigenvalue weighted by atomic mass is 10.2. The Balaban J connectivity index is 2.17. The first-order chi connectivity index (χ1) is 10.4. The molecule has 1 aromatic heterocycles. The summed E-state index contributed by atoms with van der Waals surface area (Å²) < 4.78 is 35.0. The smallest absolute Gasteiger partial charge is 0.229 e. The van der Waals surface area contributed by atoms with Gasteiger partial charge in [0.2, 0.25) is 10.0 Å². The fourth-order valence-corrected chi connectivity index (χ4v) is 2.33. The van der Waals surface area contributed by atoms with E-state index in [1.807, 2.05) is 6.07 Å². The molecule has 0 aliphatic heterocycles. The number of anilines is 3. The average molecular weight is 323 g/mol. The third kappa shape index (κ3) is 4.26. The van der Waals surface area contributed by atoms with Gasteiger partial charge in [-0.2, -0.15) is 0 Å². The van der Waals surface area contributed by atoms with Crippen LogP contribution in [0.2, 0.25) is 0 Å². The first kappa shape index (κ1) is 15.9. The van der Waals surface area contributed by atoms with Gasteiger partial charge in [-0.1, -0.05) is 0 Å². The number of nitrogens with zero attached hydrogens (tertiary/aromatic N) is 1. The fraction of sp³-hybridized carbons (Fsp3) is 0.214. The van der Waals surface area contributed by atoms with Crippen molar-refractivity contribution in [2.45, 2.75) is 0 Å². The highest BCUT2D eigenvalue weighted by molar-refractivity contribution is 7.92. The van der Waals surface area contributed by atoms with Crippen LogP contribution in [0.4, 0.5) is 17.2 Å². The predicted molar refractivity (Wildman–Crippen MR) is 85.5 cm³/mol. The van der Waals surface area contributed by atoms with Crippen molar-refractivity contribution in [1.29, 1.82) is 0 Å². The molecule has 2 N–H and O–H groups in total. The van der Waals surface area contributed by atoms with Crippen molar-refractivity contribution in [2.24, 2.45) is 0 Å². The Bertz CT molecular complexity index is 745. The number of nitrogens with one attached hydrogen (secondary N) is 2. The molecule has 0 unspecified atom stereocenters. The number of rotatable bonds is 6. The summed E-state index contributed by atoms with van der Waals surface area (Å²) in [5, 5.41) is 3.10. The van der Waals surface area contributed by atoms with Crippen molar-refractivity contribution in [3.8, 4) is 11.5 Å². The summed E-state index contributed by atoms with van der Waals surface area (Å²) in [6.45, 7) is 0. The van der Waals surface area contributed by atoms with Crippen LogP contribution in [0, 0.1) is 0 Å². The molecule has 0 bridgehead atoms. The summed E-state index contributed by atoms with van der Waals surface area (Å²) in [5.41, 5.74) is 1.12. The maximum absolute atomic E-state index is 11.1. The van der Waals surface area contributed by atoms with Crippen LogP contribution in [0.15, 0.2) is 36.5 Å². The van der Waals surface area contributed by atoms with Gasteiger partial charge in [0.1, 0.15) is 17.3 Å². The van der Waals surface area contributed by atoms with Crippen LogP contribution in [-0.4, -0.2) is 33.9 Å². The minimum atomic E-state index is -3.31. The monoisotopic (exact) mass is 323 g/mol. The van der Waals surface area contributed by atoms with Gasteiger partial charge in [-0.15, -0.1) is 0 Å². The quantitative estimate of drug-likeness (QED) is 0.847. The summed E-state index contributed by atoms with van der Waals surface area (Å²) in [6.07, 6.45) is 2.51. The second-order valence-electron chi connectivity index (χ2n) is 4.50. The lowest BCUT2D eigenvalue weighted by molar-refractivity contribution is 0.395. The molecule has 0 amide bonds. The van der Waals surface area contributed by atoms with Gasteiger partial charge < -0.3 is 14.8 Å². The zero-order chi connectivity index (χ0) is 16.2. The highest BCUT2D eigenvalue weighted by atomic mass is 32.2. The van der Waals surface area contributed by atoms with Crippen LogP contribution in [0.1, 0.15) is 0 Å². The Hall–Kier alpha value is -2.48. The maximum atomic E-state index is 11.1. The molecule has 1 heterocycles. The van der Waals surface area contributed by atoms with Crippen molar-refractivity contribution < 1.29 is 17.9 Å². The van der Waals surface area contributed by atoms with E-state index in [0.717, 1.165) is 11.9 Å². The number of sulfonamides is 1. The number of benzene rings is 1. The molecular formula is C14H17N3O4S. The van der Waals surface area contributed by atoms with Crippen molar-refractivity contribution in [1.82, 2.24) is 4.98 Å². The van der Waals surface area contributed by atoms with Gasteiger partial charge in [-0.05, 0) is 24.3 Å². The number of hydrogen-bond donors (Lipinski definition) is 2. The Morgan fingerprint density at radius 1 is 1.09 bits per heavy atom. The van der Waals surface area contributed by atoms with Gasteiger partial charge in [0.25, 0.3) is 0 Å². The molecule has 0 aliphatic rings. The van der Waals surface area contributed by atoms with Crippen LogP contribution >= 0.6 is 0 Å². The maximum Gasteiger partial charge on any atom is 0.229 e. The number of ether oxygens (including phenoxy) is 2. The van der Waals surface area contributed by atoms with E-state index in [9.17, 15) is 8.42 Å². The zero-order valence-electron chi connectivity index (χ0n) is 12.5. The molecule has 0 saturated carbocycles. The molecular weight excluding hydrogens is 306 g/mol. The minimum Gasteiger partial charge on any atom is -0.497 e. The number of aromatic nitrogens is 1. The Morgan fingerprint density at radius 3 is 2.41 bits per heavy atom. The van der Waals surface area contributed by atoms with Gasteiger partial charge in [0.15, 0.2) is 0 Å². The summed E-state index contributed by atoms with van der Waals surface area (Å²) >= 11 is 0. The molecule has 0 saturated heterocycles. The minimum absolute atomic E-state index is 0.398. The number of hydrogen-bond acceptors (Lipinski definition) is 6. The van der Waals surface area contributed by atoms with Gasteiger partial charge in [-0.3, -0.25) is 4.72 Å². The van der Waals surface area contributed by atoms with E-state index >= 15 is 0 Å². The van der Waals surface area contributed by atoms with Gasteiger partial charge in [-0.25, -0.2) is 13.4 Å². The Labute approximate surface area is 129 Å². The molecule has 0 atom stereocenters. The van der Waals surface area contributed by atoms with E-state index in [-0.39, 0.29) is 0 Å². The largest absolute Gasteiger partial charge is 0.497 e. The van der Waals surface area contributed by atoms with Crippen LogP contribution in [0.25, 0.3) is 0 Å². The van der Waals surface area contributed by atoms with E-state index in [0.29, 0.717) is 23.0 Å². The molecule has 8 heteroatoms. The number of pyridine rings is 1. The summed E-state index contributed by atoms with van der Waals surface area (Å²) in [4.78, 5) is 4.15. The van der Waals surface area contributed by atoms with E-state index in [2.05, 4.69) is 15.0 Å². The zero-order valence-corrected chi connectivity index (χ0v) is 13.3. The van der Waals surface area contributed by atoms with Crippen molar-refractivity contribution in [3.05, 3.63) is 36.5 Å². The topological polar surface area (TPSA) is 89.6 Å². The molecule has 0 radical (unpaired) electrons. The molecule has 0 aliphatic carbocycles. The highest BCUT2D eigenvalue weighted by Crippen LogP contribution is 2.31. The lowest BCUT2D eigenvalue weighted by Crippen LogP contribution is -2.09. The van der Waals surface area contributed by atoms with Crippen LogP contribution in [0.5, 0.6) is 11.5 Å². The third-order valence-corrected chi connectivity index (χ3v) is 3.34. The van der Waals surface area contributed by atoms with Crippen molar-refractivity contribution >= 4 is 27.2 Å². The SMILES string of the molecule is COc1ccc(Nc2ccc(NS(C)(=O)=O)cn2)c(OC)c1. The predicted octanol–water partition coefficient (Wildman–Crippen LogP) is 2.21. The second-order valence-corrected chi connectivity index (χ2v) is 6.25. The van der Waals surface area contributed by atoms with Crippen LogP contribution in [-0.2, 0) is 10.0 Å². The molecule has 1 aromatic carbocycles. The molecule has 2 aromatic rings. The Morgan fingerprint density at radius 2 is 1.86 bits per heavy atom. The van der Waals surface area contributed by atoms with E-state index in [1.54, 1.807) is 38.5 Å². The lowest BCUT2D eigenvalue weighted by Gasteiger charge is -2.12. The van der Waals surface area contributed by atoms with Gasteiger partial charge in [0.05, 0.1) is 38.0 Å². The summed E-state index contributed by atoms with van der Waals surface area (Å²) in [7, 11) is -0.169. The molecule has 0 fully saturated rings. The van der Waals surface area contributed by atoms with Gasteiger partial charge in [0, 0.05) is 6.07 Å². The highest BCUT2D eigenvalue weighted by Gasteiger charge is 2.07. The Kier molecular flexibility index (Phi) is 4.71. The normalized spacial score (nSPS) is 10.9. The van der Waals surface area contributed by atoms with Crippen molar-refractivity contribution in [3.63, 3.8) is 0 Å². The molecule has 118 valence electrons. The molecule has 7 nitrogen and oxygen atoms in total. The standard InChI is InChI=1S/C14H17N3O4S/c1-20-11-5-6-12(13(8-11)21-2)16-14-7-4-10(9-15-14)17-22(3,18)19/h4-9,17H,1-3H3,(H,15,16). The third-order valence-electron chi connectivity index (χ3n) is 2.74. The summed E-state index contributed by atoms with van der Waals surface area (Å²) in [5.74, 6) is 1.85. The van der Waals surface area contributed by atoms with Crippen molar-refractivity contribution in [2.75, 3.05) is 30.5 Å².